The van der Waals surface area contributed by atoms with Crippen LogP contribution in [-0.4, -0.2) is 35.7 Å². The molecule has 1 rings (SSSR count). The zero-order chi connectivity index (χ0) is 12.1. The monoisotopic (exact) mass is 217 g/mol. The zero-order valence-electron chi connectivity index (χ0n) is 11.4. The summed E-state index contributed by atoms with van der Waals surface area (Å²) in [4.78, 5) is 2.42. The van der Waals surface area contributed by atoms with Gasteiger partial charge in [-0.2, -0.15) is 0 Å². The highest BCUT2D eigenvalue weighted by atomic mass is 16.3. The number of nitrogens with zero attached hydrogens (tertiary/aromatic N) is 1. The van der Waals surface area contributed by atoms with Crippen molar-refractivity contribution in [3.63, 3.8) is 0 Å². The van der Waals surface area contributed by atoms with Gasteiger partial charge in [0.05, 0.1) is 6.61 Å². The first-order valence-electron chi connectivity index (χ1n) is 6.73. The molecular weight excluding hydrogens is 186 g/mol. The van der Waals surface area contributed by atoms with Gasteiger partial charge in [0, 0.05) is 6.04 Å². The van der Waals surface area contributed by atoms with Crippen molar-refractivity contribution < 1.29 is 5.11 Å². The van der Waals surface area contributed by atoms with Gasteiger partial charge in [-0.05, 0) is 32.4 Å². The molecule has 2 heteroatoms. The van der Waals surface area contributed by atoms with Crippen molar-refractivity contribution >= 4 is 0 Å². The lowest BCUT2D eigenvalue weighted by atomic mass is 10.0. The Kier molecular flexibility index (Phi) is 16.1. The van der Waals surface area contributed by atoms with Crippen molar-refractivity contribution in [1.29, 1.82) is 0 Å². The fourth-order valence-corrected chi connectivity index (χ4v) is 1.85. The van der Waals surface area contributed by atoms with Crippen LogP contribution in [0.25, 0.3) is 0 Å². The molecule has 0 saturated carbocycles. The minimum absolute atomic E-state index is 0.347. The molecule has 2 nitrogen and oxygen atoms in total. The molecule has 0 radical (unpaired) electrons. The van der Waals surface area contributed by atoms with E-state index in [0.717, 1.165) is 6.54 Å². The molecule has 0 aromatic heterocycles. The molecule has 1 aliphatic rings. The number of hydrogen-bond acceptors (Lipinski definition) is 2. The van der Waals surface area contributed by atoms with Crippen LogP contribution in [0.3, 0.4) is 0 Å². The van der Waals surface area contributed by atoms with Gasteiger partial charge in [0.15, 0.2) is 0 Å². The third-order valence-corrected chi connectivity index (χ3v) is 2.47. The van der Waals surface area contributed by atoms with E-state index in [1.54, 1.807) is 0 Å². The van der Waals surface area contributed by atoms with Crippen molar-refractivity contribution in [2.75, 3.05) is 19.7 Å². The molecule has 0 spiro atoms. The van der Waals surface area contributed by atoms with Crippen LogP contribution < -0.4 is 0 Å². The Morgan fingerprint density at radius 2 is 1.73 bits per heavy atom. The number of aliphatic hydroxyl groups excluding tert-OH is 1. The summed E-state index contributed by atoms with van der Waals surface area (Å²) in [5.74, 6) is 0. The molecule has 1 atom stereocenters. The Bertz CT molecular complexity index is 105. The molecule has 0 bridgehead atoms. The first kappa shape index (κ1) is 17.3. The van der Waals surface area contributed by atoms with Crippen LogP contribution in [0, 0.1) is 0 Å². The normalized spacial score (nSPS) is 20.8. The summed E-state index contributed by atoms with van der Waals surface area (Å²) < 4.78 is 0. The smallest absolute Gasteiger partial charge is 0.0586 e. The van der Waals surface area contributed by atoms with E-state index in [4.69, 9.17) is 5.11 Å². The third kappa shape index (κ3) is 7.80. The standard InChI is InChI=1S/C9H19NO.2C2H6/c1-2-6-10-7-4-3-5-9(10)8-11;2*1-2/h9,11H,2-8H2,1H3;2*1-2H3. The number of rotatable bonds is 3. The van der Waals surface area contributed by atoms with Gasteiger partial charge in [-0.1, -0.05) is 41.0 Å². The Morgan fingerprint density at radius 3 is 2.20 bits per heavy atom. The van der Waals surface area contributed by atoms with Crippen molar-refractivity contribution in [2.45, 2.75) is 66.3 Å². The van der Waals surface area contributed by atoms with Crippen molar-refractivity contribution in [2.24, 2.45) is 0 Å². The molecule has 0 aromatic rings. The van der Waals surface area contributed by atoms with Gasteiger partial charge < -0.3 is 5.11 Å². The zero-order valence-corrected chi connectivity index (χ0v) is 11.4. The topological polar surface area (TPSA) is 23.5 Å². The largest absolute Gasteiger partial charge is 0.395 e. The first-order valence-corrected chi connectivity index (χ1v) is 6.73. The summed E-state index contributed by atoms with van der Waals surface area (Å²) in [5, 5.41) is 9.05. The Morgan fingerprint density at radius 1 is 1.13 bits per heavy atom. The van der Waals surface area contributed by atoms with E-state index >= 15 is 0 Å². The van der Waals surface area contributed by atoms with Crippen LogP contribution in [0.15, 0.2) is 0 Å². The summed E-state index contributed by atoms with van der Waals surface area (Å²) in [5.41, 5.74) is 0. The summed E-state index contributed by atoms with van der Waals surface area (Å²) in [6.07, 6.45) is 5.01. The number of likely N-dealkylation sites (tertiary alicyclic amines) is 1. The second-order valence-electron chi connectivity index (χ2n) is 3.37. The molecule has 0 amide bonds. The molecular formula is C13H31NO. The Hall–Kier alpha value is -0.0800. The number of piperidine rings is 1. The SMILES string of the molecule is CC.CC.CCCN1CCCCC1CO. The van der Waals surface area contributed by atoms with Gasteiger partial charge in [-0.25, -0.2) is 0 Å². The molecule has 1 heterocycles. The molecule has 1 fully saturated rings. The van der Waals surface area contributed by atoms with Crippen LogP contribution in [0.4, 0.5) is 0 Å². The average Bonchev–Trinajstić information content (AvgIpc) is 2.35. The summed E-state index contributed by atoms with van der Waals surface area (Å²) in [6.45, 7) is 12.9. The minimum Gasteiger partial charge on any atom is -0.395 e. The minimum atomic E-state index is 0.347. The molecule has 0 aromatic carbocycles. The molecule has 1 aliphatic heterocycles. The molecule has 15 heavy (non-hydrogen) atoms. The molecule has 0 aliphatic carbocycles. The van der Waals surface area contributed by atoms with Gasteiger partial charge in [0.2, 0.25) is 0 Å². The van der Waals surface area contributed by atoms with Gasteiger partial charge in [-0.15, -0.1) is 0 Å². The Balaban J connectivity index is 0. The number of aliphatic hydroxyl groups is 1. The van der Waals surface area contributed by atoms with Gasteiger partial charge in [0.25, 0.3) is 0 Å². The van der Waals surface area contributed by atoms with Crippen LogP contribution in [-0.2, 0) is 0 Å². The lowest BCUT2D eigenvalue weighted by molar-refractivity contribution is 0.0904. The predicted molar refractivity (Wildman–Crippen MR) is 69.3 cm³/mol. The van der Waals surface area contributed by atoms with Crippen LogP contribution in [0.5, 0.6) is 0 Å². The van der Waals surface area contributed by atoms with Crippen molar-refractivity contribution in [3.05, 3.63) is 0 Å². The summed E-state index contributed by atoms with van der Waals surface area (Å²) in [6, 6.07) is 0.462. The lowest BCUT2D eigenvalue weighted by Crippen LogP contribution is -2.42. The van der Waals surface area contributed by atoms with Crippen LogP contribution in [0.2, 0.25) is 0 Å². The molecule has 94 valence electrons. The van der Waals surface area contributed by atoms with E-state index in [9.17, 15) is 0 Å². The highest BCUT2D eigenvalue weighted by Gasteiger charge is 2.19. The maximum atomic E-state index is 9.05. The summed E-state index contributed by atoms with van der Waals surface area (Å²) >= 11 is 0. The molecule has 1 N–H and O–H groups in total. The number of hydrogen-bond donors (Lipinski definition) is 1. The maximum absolute atomic E-state index is 9.05. The van der Waals surface area contributed by atoms with Gasteiger partial charge in [-0.3, -0.25) is 4.90 Å². The van der Waals surface area contributed by atoms with Crippen LogP contribution in [0.1, 0.15) is 60.3 Å². The van der Waals surface area contributed by atoms with E-state index in [0.29, 0.717) is 12.6 Å². The summed E-state index contributed by atoms with van der Waals surface area (Å²) in [7, 11) is 0. The van der Waals surface area contributed by atoms with E-state index in [1.807, 2.05) is 27.7 Å². The molecule has 1 unspecified atom stereocenters. The van der Waals surface area contributed by atoms with E-state index in [2.05, 4.69) is 11.8 Å². The lowest BCUT2D eigenvalue weighted by Gasteiger charge is -2.34. The van der Waals surface area contributed by atoms with Gasteiger partial charge in [0.1, 0.15) is 0 Å². The molecule has 1 saturated heterocycles. The van der Waals surface area contributed by atoms with Crippen LogP contribution >= 0.6 is 0 Å². The maximum Gasteiger partial charge on any atom is 0.0586 e. The van der Waals surface area contributed by atoms with E-state index < -0.39 is 0 Å². The second kappa shape index (κ2) is 13.9. The van der Waals surface area contributed by atoms with Crippen molar-refractivity contribution in [1.82, 2.24) is 4.90 Å². The predicted octanol–water partition coefficient (Wildman–Crippen LogP) is 3.30. The highest BCUT2D eigenvalue weighted by molar-refractivity contribution is 4.75. The average molecular weight is 217 g/mol. The van der Waals surface area contributed by atoms with Crippen molar-refractivity contribution in [3.8, 4) is 0 Å². The van der Waals surface area contributed by atoms with E-state index in [-0.39, 0.29) is 0 Å². The fraction of sp³-hybridized carbons (Fsp3) is 1.00. The Labute approximate surface area is 96.7 Å². The second-order valence-corrected chi connectivity index (χ2v) is 3.37. The third-order valence-electron chi connectivity index (χ3n) is 2.47. The van der Waals surface area contributed by atoms with Gasteiger partial charge >= 0.3 is 0 Å². The quantitative estimate of drug-likeness (QED) is 0.784. The van der Waals surface area contributed by atoms with E-state index in [1.165, 1.54) is 32.2 Å². The highest BCUT2D eigenvalue weighted by Crippen LogP contribution is 2.16. The fourth-order valence-electron chi connectivity index (χ4n) is 1.85. The first-order chi connectivity index (χ1) is 7.38.